The van der Waals surface area contributed by atoms with Crippen molar-refractivity contribution in [2.45, 2.75) is 0 Å². The molecule has 0 spiro atoms. The molecular formula is C8H5Cl2N2. The van der Waals surface area contributed by atoms with Gasteiger partial charge in [0.25, 0.3) is 0 Å². The Morgan fingerprint density at radius 1 is 1.08 bits per heavy atom. The van der Waals surface area contributed by atoms with Crippen LogP contribution in [0.15, 0.2) is 29.4 Å². The zero-order chi connectivity index (χ0) is 8.55. The van der Waals surface area contributed by atoms with Gasteiger partial charge in [0.15, 0.2) is 10.7 Å². The summed E-state index contributed by atoms with van der Waals surface area (Å²) in [5, 5.41) is 4.26. The molecule has 0 aliphatic carbocycles. The average molecular weight is 200 g/mol. The van der Waals surface area contributed by atoms with Crippen LogP contribution in [0.3, 0.4) is 0 Å². The van der Waals surface area contributed by atoms with Crippen LogP contribution in [-0.4, -0.2) is 5.17 Å². The van der Waals surface area contributed by atoms with E-state index in [-0.39, 0.29) is 0 Å². The minimum Gasteiger partial charge on any atom is -0.279 e. The number of halogens is 2. The summed E-state index contributed by atoms with van der Waals surface area (Å²) in [6, 6.07) is 7.57. The summed E-state index contributed by atoms with van der Waals surface area (Å²) in [4.78, 5) is 0. The number of nitrogens with zero attached hydrogens (tertiary/aromatic N) is 1. The van der Waals surface area contributed by atoms with Crippen molar-refractivity contribution in [1.29, 1.82) is 0 Å². The molecule has 12 heavy (non-hydrogen) atoms. The Hall–Kier alpha value is -0.730. The molecule has 0 fully saturated rings. The van der Waals surface area contributed by atoms with Crippen molar-refractivity contribution in [3.05, 3.63) is 40.9 Å². The monoisotopic (exact) mass is 199 g/mol. The number of hydrogen-bond donors (Lipinski definition) is 1. The Morgan fingerprint density at radius 2 is 1.75 bits per heavy atom. The molecule has 2 nitrogen and oxygen atoms in total. The van der Waals surface area contributed by atoms with E-state index in [1.54, 1.807) is 0 Å². The predicted molar refractivity (Wildman–Crippen MR) is 50.2 cm³/mol. The molecule has 0 aromatic heterocycles. The fourth-order valence-electron chi connectivity index (χ4n) is 1.07. The lowest BCUT2D eigenvalue weighted by atomic mass is 10.1. The zero-order valence-corrected chi connectivity index (χ0v) is 7.52. The van der Waals surface area contributed by atoms with Crippen LogP contribution < -0.4 is 5.43 Å². The van der Waals surface area contributed by atoms with E-state index in [2.05, 4.69) is 10.5 Å². The molecule has 0 amide bonds. The molecule has 61 valence electrons. The number of fused-ring (bicyclic) bond motifs is 1. The maximum Gasteiger partial charge on any atom is 0.196 e. The van der Waals surface area contributed by atoms with Crippen molar-refractivity contribution < 1.29 is 0 Å². The van der Waals surface area contributed by atoms with Crippen molar-refractivity contribution in [1.82, 2.24) is 5.43 Å². The first-order chi connectivity index (χ1) is 5.79. The van der Waals surface area contributed by atoms with Gasteiger partial charge in [0.2, 0.25) is 0 Å². The fraction of sp³-hybridized carbons (Fsp3) is 0. The third-order valence-corrected chi connectivity index (χ3v) is 2.21. The highest BCUT2D eigenvalue weighted by molar-refractivity contribution is 6.70. The molecule has 1 aliphatic rings. The molecule has 0 saturated carbocycles. The van der Waals surface area contributed by atoms with Gasteiger partial charge in [-0.3, -0.25) is 5.43 Å². The fourth-order valence-corrected chi connectivity index (χ4v) is 1.49. The van der Waals surface area contributed by atoms with Crippen molar-refractivity contribution in [3.63, 3.8) is 0 Å². The van der Waals surface area contributed by atoms with E-state index in [0.29, 0.717) is 10.7 Å². The summed E-state index contributed by atoms with van der Waals surface area (Å²) < 4.78 is 0. The molecule has 0 bridgehead atoms. The van der Waals surface area contributed by atoms with Gasteiger partial charge in [0.1, 0.15) is 0 Å². The third-order valence-electron chi connectivity index (χ3n) is 1.64. The number of hydrogen-bond acceptors (Lipinski definition) is 2. The van der Waals surface area contributed by atoms with Crippen molar-refractivity contribution in [2.75, 3.05) is 0 Å². The first-order valence-electron chi connectivity index (χ1n) is 3.40. The Labute approximate surface area is 80.2 Å². The van der Waals surface area contributed by atoms with Gasteiger partial charge >= 0.3 is 0 Å². The summed E-state index contributed by atoms with van der Waals surface area (Å²) in [6.07, 6.45) is 0. The van der Waals surface area contributed by atoms with E-state index in [1.165, 1.54) is 0 Å². The molecule has 1 aliphatic heterocycles. The van der Waals surface area contributed by atoms with E-state index < -0.39 is 0 Å². The maximum absolute atomic E-state index is 5.85. The Kier molecular flexibility index (Phi) is 1.95. The largest absolute Gasteiger partial charge is 0.279 e. The van der Waals surface area contributed by atoms with Crippen LogP contribution in [-0.2, 0) is 0 Å². The molecule has 1 aromatic rings. The van der Waals surface area contributed by atoms with E-state index in [4.69, 9.17) is 23.2 Å². The highest BCUT2D eigenvalue weighted by atomic mass is 35.5. The van der Waals surface area contributed by atoms with Gasteiger partial charge in [0.05, 0.1) is 0 Å². The number of hydrazone groups is 1. The second-order valence-electron chi connectivity index (χ2n) is 2.37. The second-order valence-corrected chi connectivity index (χ2v) is 3.11. The Bertz CT molecular complexity index is 336. The van der Waals surface area contributed by atoms with Gasteiger partial charge in [-0.15, -0.1) is 0 Å². The third kappa shape index (κ3) is 1.17. The van der Waals surface area contributed by atoms with Crippen molar-refractivity contribution >= 4 is 28.4 Å². The number of rotatable bonds is 0. The molecule has 4 heteroatoms. The lowest BCUT2D eigenvalue weighted by molar-refractivity contribution is 0.855. The molecule has 2 rings (SSSR count). The lowest BCUT2D eigenvalue weighted by Crippen LogP contribution is -2.20. The van der Waals surface area contributed by atoms with E-state index >= 15 is 0 Å². The normalized spacial score (nSPS) is 16.3. The molecule has 1 heterocycles. The first-order valence-corrected chi connectivity index (χ1v) is 4.16. The standard InChI is InChI=1S/C8H5Cl2N2/c9-7-5-3-1-2-4-6(5)8(10)12-11-7/h1-4,11H. The number of benzene rings is 1. The van der Waals surface area contributed by atoms with Crippen molar-refractivity contribution in [2.24, 2.45) is 5.10 Å². The quantitative estimate of drug-likeness (QED) is 0.638. The molecule has 0 atom stereocenters. The highest BCUT2D eigenvalue weighted by Crippen LogP contribution is 2.25. The van der Waals surface area contributed by atoms with E-state index in [0.717, 1.165) is 11.1 Å². The highest BCUT2D eigenvalue weighted by Gasteiger charge is 2.19. The molecule has 1 radical (unpaired) electrons. The van der Waals surface area contributed by atoms with Gasteiger partial charge < -0.3 is 0 Å². The minimum absolute atomic E-state index is 0.440. The maximum atomic E-state index is 5.85. The van der Waals surface area contributed by atoms with Gasteiger partial charge in [-0.05, 0) is 0 Å². The molecule has 0 unspecified atom stereocenters. The van der Waals surface area contributed by atoms with Crippen LogP contribution in [0.25, 0.3) is 0 Å². The average Bonchev–Trinajstić information content (AvgIpc) is 2.12. The topological polar surface area (TPSA) is 24.4 Å². The smallest absolute Gasteiger partial charge is 0.196 e. The molecular weight excluding hydrogens is 195 g/mol. The van der Waals surface area contributed by atoms with Gasteiger partial charge in [-0.2, -0.15) is 5.10 Å². The van der Waals surface area contributed by atoms with Crippen LogP contribution in [0.4, 0.5) is 0 Å². The minimum atomic E-state index is 0.440. The van der Waals surface area contributed by atoms with Crippen LogP contribution in [0.5, 0.6) is 0 Å². The van der Waals surface area contributed by atoms with E-state index in [1.807, 2.05) is 24.3 Å². The van der Waals surface area contributed by atoms with Crippen molar-refractivity contribution in [3.8, 4) is 0 Å². The first kappa shape index (κ1) is 7.90. The summed E-state index contributed by atoms with van der Waals surface area (Å²) in [5.41, 5.74) is 4.89. The molecule has 1 N–H and O–H groups in total. The van der Waals surface area contributed by atoms with Gasteiger partial charge in [0, 0.05) is 11.1 Å². The number of nitrogens with one attached hydrogen (secondary N) is 1. The Morgan fingerprint density at radius 3 is 2.42 bits per heavy atom. The lowest BCUT2D eigenvalue weighted by Gasteiger charge is -2.17. The second kappa shape index (κ2) is 2.96. The summed E-state index contributed by atoms with van der Waals surface area (Å²) >= 11 is 11.7. The van der Waals surface area contributed by atoms with E-state index in [9.17, 15) is 0 Å². The Balaban J connectivity index is 2.58. The van der Waals surface area contributed by atoms with Crippen LogP contribution in [0.2, 0.25) is 0 Å². The SMILES string of the molecule is Cl[C]1NN=C(Cl)c2ccccc21. The van der Waals surface area contributed by atoms with Gasteiger partial charge in [-0.1, -0.05) is 47.5 Å². The molecule has 1 aromatic carbocycles. The van der Waals surface area contributed by atoms with Crippen LogP contribution >= 0.6 is 23.2 Å². The van der Waals surface area contributed by atoms with Crippen LogP contribution in [0.1, 0.15) is 11.1 Å². The predicted octanol–water partition coefficient (Wildman–Crippen LogP) is 2.27. The van der Waals surface area contributed by atoms with Crippen LogP contribution in [0, 0.1) is 5.50 Å². The summed E-state index contributed by atoms with van der Waals surface area (Å²) in [6.45, 7) is 0. The molecule has 0 saturated heterocycles. The summed E-state index contributed by atoms with van der Waals surface area (Å²) in [5.74, 6) is 0. The van der Waals surface area contributed by atoms with Gasteiger partial charge in [-0.25, -0.2) is 0 Å². The summed E-state index contributed by atoms with van der Waals surface area (Å²) in [7, 11) is 0. The zero-order valence-electron chi connectivity index (χ0n) is 6.01.